The minimum atomic E-state index is 0.554. The lowest BCUT2D eigenvalue weighted by molar-refractivity contribution is 0.273. The number of anilines is 1. The molecule has 4 heterocycles. The second-order valence-electron chi connectivity index (χ2n) is 5.77. The van der Waals surface area contributed by atoms with E-state index < -0.39 is 0 Å². The Morgan fingerprint density at radius 3 is 3.10 bits per heavy atom. The maximum absolute atomic E-state index is 5.98. The average molecular weight is 291 g/mol. The van der Waals surface area contributed by atoms with Crippen LogP contribution in [0.15, 0.2) is 11.6 Å². The summed E-state index contributed by atoms with van der Waals surface area (Å²) in [7, 11) is 0. The highest BCUT2D eigenvalue weighted by Crippen LogP contribution is 2.28. The molecule has 0 aliphatic carbocycles. The van der Waals surface area contributed by atoms with Gasteiger partial charge in [0.15, 0.2) is 10.8 Å². The fourth-order valence-corrected chi connectivity index (χ4v) is 4.39. The Balaban J connectivity index is 1.68. The zero-order chi connectivity index (χ0) is 13.5. The summed E-state index contributed by atoms with van der Waals surface area (Å²) in [6.45, 7) is 5.28. The monoisotopic (exact) mass is 291 g/mol. The Hall–Kier alpha value is -1.11. The molecule has 2 saturated heterocycles. The van der Waals surface area contributed by atoms with Crippen LogP contribution in [-0.4, -0.2) is 46.5 Å². The molecule has 2 fully saturated rings. The van der Waals surface area contributed by atoms with E-state index in [1.807, 2.05) is 0 Å². The van der Waals surface area contributed by atoms with E-state index in [9.17, 15) is 0 Å². The van der Waals surface area contributed by atoms with Crippen molar-refractivity contribution in [2.24, 2.45) is 5.73 Å². The molecule has 6 heteroatoms. The van der Waals surface area contributed by atoms with Crippen molar-refractivity contribution in [3.8, 4) is 0 Å². The second kappa shape index (κ2) is 5.02. The van der Waals surface area contributed by atoms with E-state index in [2.05, 4.69) is 25.8 Å². The number of rotatable bonds is 2. The molecule has 0 spiro atoms. The van der Waals surface area contributed by atoms with Crippen LogP contribution in [0.4, 0.5) is 5.82 Å². The third-order valence-corrected chi connectivity index (χ3v) is 5.39. The van der Waals surface area contributed by atoms with Crippen molar-refractivity contribution in [3.05, 3.63) is 17.3 Å². The number of fused-ring (bicyclic) bond motifs is 2. The maximum Gasteiger partial charge on any atom is 0.195 e. The minimum absolute atomic E-state index is 0.554. The summed E-state index contributed by atoms with van der Waals surface area (Å²) < 4.78 is 2.15. The molecule has 20 heavy (non-hydrogen) atoms. The molecular weight excluding hydrogens is 270 g/mol. The van der Waals surface area contributed by atoms with E-state index in [1.165, 1.54) is 32.4 Å². The molecule has 2 N–H and O–H groups in total. The Labute approximate surface area is 123 Å². The summed E-state index contributed by atoms with van der Waals surface area (Å²) in [5, 5.41) is 2.08. The quantitative estimate of drug-likeness (QED) is 0.911. The van der Waals surface area contributed by atoms with Crippen LogP contribution in [0.2, 0.25) is 0 Å². The fraction of sp³-hybridized carbons (Fsp3) is 0.643. The minimum Gasteiger partial charge on any atom is -0.353 e. The first-order chi connectivity index (χ1) is 9.86. The van der Waals surface area contributed by atoms with Crippen LogP contribution >= 0.6 is 11.3 Å². The first-order valence-corrected chi connectivity index (χ1v) is 8.38. The Bertz CT molecular complexity index is 604. The predicted molar refractivity (Wildman–Crippen MR) is 82.4 cm³/mol. The summed E-state index contributed by atoms with van der Waals surface area (Å²) in [6, 6.07) is 0.711. The van der Waals surface area contributed by atoms with Gasteiger partial charge in [0.2, 0.25) is 0 Å². The molecule has 0 aromatic carbocycles. The van der Waals surface area contributed by atoms with Crippen LogP contribution < -0.4 is 10.6 Å². The zero-order valence-corrected chi connectivity index (χ0v) is 12.5. The van der Waals surface area contributed by atoms with Gasteiger partial charge in [-0.15, -0.1) is 11.3 Å². The molecule has 0 radical (unpaired) electrons. The van der Waals surface area contributed by atoms with Gasteiger partial charge in [0.25, 0.3) is 0 Å². The van der Waals surface area contributed by atoms with Crippen molar-refractivity contribution < 1.29 is 0 Å². The molecule has 5 nitrogen and oxygen atoms in total. The highest BCUT2D eigenvalue weighted by molar-refractivity contribution is 7.15. The summed E-state index contributed by atoms with van der Waals surface area (Å²) in [5.74, 6) is 1.12. The van der Waals surface area contributed by atoms with Crippen molar-refractivity contribution in [2.45, 2.75) is 31.8 Å². The summed E-state index contributed by atoms with van der Waals surface area (Å²) in [4.78, 5) is 11.0. The molecule has 0 bridgehead atoms. The van der Waals surface area contributed by atoms with Gasteiger partial charge in [0.1, 0.15) is 0 Å². The molecule has 0 saturated carbocycles. The summed E-state index contributed by atoms with van der Waals surface area (Å²) in [5.41, 5.74) is 7.14. The highest BCUT2D eigenvalue weighted by atomic mass is 32.1. The average Bonchev–Trinajstić information content (AvgIpc) is 3.11. The predicted octanol–water partition coefficient (Wildman–Crippen LogP) is 1.53. The number of nitrogens with zero attached hydrogens (tertiary/aromatic N) is 4. The lowest BCUT2D eigenvalue weighted by Gasteiger charge is -2.26. The van der Waals surface area contributed by atoms with Crippen LogP contribution in [0.1, 0.15) is 25.0 Å². The van der Waals surface area contributed by atoms with Gasteiger partial charge >= 0.3 is 0 Å². The van der Waals surface area contributed by atoms with Gasteiger partial charge in [-0.3, -0.25) is 9.30 Å². The Morgan fingerprint density at radius 1 is 1.30 bits per heavy atom. The van der Waals surface area contributed by atoms with Crippen LogP contribution in [0.5, 0.6) is 0 Å². The zero-order valence-electron chi connectivity index (χ0n) is 11.7. The van der Waals surface area contributed by atoms with Gasteiger partial charge in [0.05, 0.1) is 5.69 Å². The van der Waals surface area contributed by atoms with Crippen molar-refractivity contribution in [1.82, 2.24) is 14.3 Å². The number of imidazole rings is 1. The molecule has 2 aliphatic rings. The van der Waals surface area contributed by atoms with Crippen LogP contribution in [0, 0.1) is 0 Å². The van der Waals surface area contributed by atoms with Gasteiger partial charge in [-0.2, -0.15) is 0 Å². The molecule has 2 aromatic heterocycles. The molecule has 1 atom stereocenters. The number of nitrogens with two attached hydrogens (primary N) is 1. The second-order valence-corrected chi connectivity index (χ2v) is 6.65. The van der Waals surface area contributed by atoms with Crippen molar-refractivity contribution >= 4 is 22.1 Å². The van der Waals surface area contributed by atoms with E-state index in [4.69, 9.17) is 10.7 Å². The Kier molecular flexibility index (Phi) is 3.17. The molecule has 0 amide bonds. The van der Waals surface area contributed by atoms with E-state index in [1.54, 1.807) is 11.3 Å². The molecule has 4 rings (SSSR count). The lowest BCUT2D eigenvalue weighted by Crippen LogP contribution is -2.37. The van der Waals surface area contributed by atoms with Gasteiger partial charge in [-0.1, -0.05) is 0 Å². The van der Waals surface area contributed by atoms with E-state index in [-0.39, 0.29) is 0 Å². The lowest BCUT2D eigenvalue weighted by atomic mass is 10.2. The molecule has 108 valence electrons. The largest absolute Gasteiger partial charge is 0.353 e. The first kappa shape index (κ1) is 12.6. The van der Waals surface area contributed by atoms with E-state index >= 15 is 0 Å². The van der Waals surface area contributed by atoms with Gasteiger partial charge < -0.3 is 10.6 Å². The third-order valence-electron chi connectivity index (χ3n) is 4.64. The molecule has 2 aliphatic heterocycles. The standard InChI is InChI=1S/C14H21N5S/c15-9-12-13(16-14-19(12)7-8-20-14)18-6-2-5-17-4-1-3-11(17)10-18/h7-8,11H,1-6,9-10,15H2. The van der Waals surface area contributed by atoms with Gasteiger partial charge in [-0.25, -0.2) is 4.98 Å². The maximum atomic E-state index is 5.98. The normalized spacial score (nSPS) is 24.2. The van der Waals surface area contributed by atoms with Crippen LogP contribution in [0.25, 0.3) is 4.96 Å². The van der Waals surface area contributed by atoms with Gasteiger partial charge in [0, 0.05) is 43.8 Å². The number of hydrogen-bond donors (Lipinski definition) is 1. The van der Waals surface area contributed by atoms with Crippen LogP contribution in [-0.2, 0) is 6.54 Å². The highest BCUT2D eigenvalue weighted by Gasteiger charge is 2.30. The van der Waals surface area contributed by atoms with Crippen molar-refractivity contribution in [1.29, 1.82) is 0 Å². The summed E-state index contributed by atoms with van der Waals surface area (Å²) in [6.07, 6.45) is 5.99. The van der Waals surface area contributed by atoms with Gasteiger partial charge in [-0.05, 0) is 25.8 Å². The topological polar surface area (TPSA) is 49.8 Å². The molecule has 1 unspecified atom stereocenters. The van der Waals surface area contributed by atoms with E-state index in [0.717, 1.165) is 29.6 Å². The van der Waals surface area contributed by atoms with Crippen molar-refractivity contribution in [3.63, 3.8) is 0 Å². The number of hydrogen-bond acceptors (Lipinski definition) is 5. The number of thiazole rings is 1. The third kappa shape index (κ3) is 1.94. The van der Waals surface area contributed by atoms with Crippen molar-refractivity contribution in [2.75, 3.05) is 31.1 Å². The smallest absolute Gasteiger partial charge is 0.195 e. The van der Waals surface area contributed by atoms with E-state index in [0.29, 0.717) is 12.6 Å². The molecule has 2 aromatic rings. The van der Waals surface area contributed by atoms with Crippen LogP contribution in [0.3, 0.4) is 0 Å². The molecular formula is C14H21N5S. The summed E-state index contributed by atoms with van der Waals surface area (Å²) >= 11 is 1.69. The number of aromatic nitrogens is 2. The SMILES string of the molecule is NCc1c(N2CCCN3CCCC3C2)nc2sccn12. The fourth-order valence-electron chi connectivity index (χ4n) is 3.66. The Morgan fingerprint density at radius 2 is 2.20 bits per heavy atom. The first-order valence-electron chi connectivity index (χ1n) is 7.50.